The molecule has 0 saturated carbocycles. The number of nitrogen functional groups attached to an aromatic ring is 5. The van der Waals surface area contributed by atoms with Crippen molar-refractivity contribution in [2.75, 3.05) is 28.7 Å². The molecule has 0 bridgehead atoms. The number of hydrogen-bond donors (Lipinski definition) is 9. The Hall–Kier alpha value is -3.59. The molecule has 0 heterocycles. The first kappa shape index (κ1) is 18.7. The van der Waals surface area contributed by atoms with E-state index in [1.807, 2.05) is 0 Å². The van der Waals surface area contributed by atoms with Crippen molar-refractivity contribution >= 4 is 54.9 Å². The Kier molecular flexibility index (Phi) is 4.36. The molecule has 0 aliphatic carbocycles. The van der Waals surface area contributed by atoms with E-state index in [4.69, 9.17) is 33.8 Å². The number of phenols is 2. The van der Waals surface area contributed by atoms with Gasteiger partial charge in [0.15, 0.2) is 11.5 Å². The lowest BCUT2D eigenvalue weighted by Crippen LogP contribution is -2.17. The topological polar surface area (TPSA) is 245 Å². The molecule has 0 amide bonds. The Labute approximate surface area is 148 Å². The highest BCUT2D eigenvalue weighted by atomic mass is 31.0. The van der Waals surface area contributed by atoms with E-state index in [1.54, 1.807) is 0 Å². The first-order valence-electron chi connectivity index (χ1n) is 6.78. The van der Waals surface area contributed by atoms with Gasteiger partial charge in [-0.1, -0.05) is 0 Å². The van der Waals surface area contributed by atoms with Crippen LogP contribution in [0.15, 0.2) is 0 Å². The van der Waals surface area contributed by atoms with Gasteiger partial charge in [0.2, 0.25) is 0 Å². The molecule has 11 nitrogen and oxygen atoms in total. The molecule has 1 unspecified atom stereocenters. The van der Waals surface area contributed by atoms with Crippen molar-refractivity contribution < 1.29 is 30.0 Å². The third kappa shape index (κ3) is 2.42. The van der Waals surface area contributed by atoms with Crippen LogP contribution in [0.3, 0.4) is 0 Å². The minimum Gasteiger partial charge on any atom is -0.505 e. The summed E-state index contributed by atoms with van der Waals surface area (Å²) >= 11 is 0. The van der Waals surface area contributed by atoms with Crippen molar-refractivity contribution in [3.05, 3.63) is 11.1 Å². The van der Waals surface area contributed by atoms with E-state index in [0.717, 1.165) is 0 Å². The van der Waals surface area contributed by atoms with E-state index in [-0.39, 0.29) is 27.8 Å². The van der Waals surface area contributed by atoms with Gasteiger partial charge in [-0.2, -0.15) is 0 Å². The van der Waals surface area contributed by atoms with Gasteiger partial charge in [0.05, 0.1) is 28.4 Å². The largest absolute Gasteiger partial charge is 0.505 e. The summed E-state index contributed by atoms with van der Waals surface area (Å²) in [5, 5.41) is 38.5. The second kappa shape index (κ2) is 6.05. The van der Waals surface area contributed by atoms with E-state index in [0.29, 0.717) is 0 Å². The number of carbonyl (C=O) groups is 2. The van der Waals surface area contributed by atoms with E-state index in [1.165, 1.54) is 0 Å². The monoisotopic (exact) mass is 381 g/mol. The summed E-state index contributed by atoms with van der Waals surface area (Å²) in [4.78, 5) is 22.5. The van der Waals surface area contributed by atoms with Gasteiger partial charge in [-0.05, 0) is 0 Å². The summed E-state index contributed by atoms with van der Waals surface area (Å²) in [6.07, 6.45) is 0. The highest BCUT2D eigenvalue weighted by molar-refractivity contribution is 7.28. The molecule has 2 aromatic carbocycles. The highest BCUT2D eigenvalue weighted by Gasteiger charge is 2.30. The first-order valence-corrected chi connectivity index (χ1v) is 7.36. The zero-order valence-corrected chi connectivity index (χ0v) is 14.2. The van der Waals surface area contributed by atoms with Gasteiger partial charge >= 0.3 is 11.9 Å². The average molecular weight is 381 g/mol. The van der Waals surface area contributed by atoms with Crippen LogP contribution in [0.4, 0.5) is 28.4 Å². The Morgan fingerprint density at radius 2 is 1.04 bits per heavy atom. The normalized spacial score (nSPS) is 10.7. The molecular formula is C14H16N5O6P. The number of aromatic hydroxyl groups is 2. The van der Waals surface area contributed by atoms with Gasteiger partial charge < -0.3 is 49.1 Å². The lowest BCUT2D eigenvalue weighted by atomic mass is 9.93. The van der Waals surface area contributed by atoms with Gasteiger partial charge in [0.1, 0.15) is 11.1 Å². The number of carboxylic acid groups (broad SMARTS) is 2. The minimum absolute atomic E-state index is 0.0120. The van der Waals surface area contributed by atoms with Gasteiger partial charge in [0, 0.05) is 16.4 Å². The molecule has 2 aromatic rings. The zero-order chi connectivity index (χ0) is 20.1. The predicted molar refractivity (Wildman–Crippen MR) is 101 cm³/mol. The summed E-state index contributed by atoms with van der Waals surface area (Å²) in [5.41, 5.74) is 25.2. The minimum atomic E-state index is -1.56. The number of rotatable bonds is 3. The first-order chi connectivity index (χ1) is 11.9. The predicted octanol–water partition coefficient (Wildman–Crippen LogP) is -0.427. The quantitative estimate of drug-likeness (QED) is 0.143. The molecular weight excluding hydrogens is 365 g/mol. The Morgan fingerprint density at radius 1 is 0.654 bits per heavy atom. The summed E-state index contributed by atoms with van der Waals surface area (Å²) < 4.78 is 0. The van der Waals surface area contributed by atoms with E-state index in [2.05, 4.69) is 9.24 Å². The maximum absolute atomic E-state index is 11.3. The molecule has 0 radical (unpaired) electrons. The summed E-state index contributed by atoms with van der Waals surface area (Å²) in [6, 6.07) is 0. The Balaban J connectivity index is 3.05. The lowest BCUT2D eigenvalue weighted by Gasteiger charge is -2.21. The highest BCUT2D eigenvalue weighted by Crippen LogP contribution is 2.49. The van der Waals surface area contributed by atoms with Crippen LogP contribution in [-0.2, 0) is 0 Å². The molecule has 0 aliphatic rings. The molecule has 138 valence electrons. The third-order valence-electron chi connectivity index (χ3n) is 3.86. The molecule has 0 aliphatic heterocycles. The molecule has 0 aromatic heterocycles. The van der Waals surface area contributed by atoms with Crippen molar-refractivity contribution in [2.45, 2.75) is 0 Å². The number of carboxylic acids is 2. The van der Waals surface area contributed by atoms with Crippen molar-refractivity contribution in [1.82, 2.24) is 0 Å². The molecule has 26 heavy (non-hydrogen) atoms. The number of benzene rings is 2. The number of aromatic carboxylic acids is 2. The van der Waals surface area contributed by atoms with Gasteiger partial charge in [-0.15, -0.1) is 9.24 Å². The molecule has 0 fully saturated rings. The molecule has 12 heteroatoms. The van der Waals surface area contributed by atoms with Crippen molar-refractivity contribution in [1.29, 1.82) is 0 Å². The SMILES string of the molecule is Nc1c(N)c(-c2c(N)c(O)c(C(=O)O)c(N)c2P)c(N)c(O)c1C(=O)O. The van der Waals surface area contributed by atoms with Crippen LogP contribution in [0.25, 0.3) is 11.1 Å². The maximum Gasteiger partial charge on any atom is 0.341 e. The fraction of sp³-hybridized carbons (Fsp3) is 0. The van der Waals surface area contributed by atoms with E-state index in [9.17, 15) is 24.9 Å². The summed E-state index contributed by atoms with van der Waals surface area (Å²) in [7, 11) is 2.13. The number of anilines is 5. The van der Waals surface area contributed by atoms with E-state index >= 15 is 0 Å². The van der Waals surface area contributed by atoms with Crippen LogP contribution in [0.2, 0.25) is 0 Å². The smallest absolute Gasteiger partial charge is 0.341 e. The second-order valence-corrected chi connectivity index (χ2v) is 5.87. The van der Waals surface area contributed by atoms with Crippen LogP contribution < -0.4 is 34.0 Å². The maximum atomic E-state index is 11.3. The summed E-state index contributed by atoms with van der Waals surface area (Å²) in [5.74, 6) is -4.78. The lowest BCUT2D eigenvalue weighted by molar-refractivity contribution is 0.0683. The number of hydrogen-bond acceptors (Lipinski definition) is 9. The zero-order valence-electron chi connectivity index (χ0n) is 13.1. The van der Waals surface area contributed by atoms with Crippen LogP contribution in [0.1, 0.15) is 20.7 Å². The van der Waals surface area contributed by atoms with Crippen molar-refractivity contribution in [3.63, 3.8) is 0 Å². The average Bonchev–Trinajstić information content (AvgIpc) is 2.54. The molecule has 14 N–H and O–H groups in total. The second-order valence-electron chi connectivity index (χ2n) is 5.29. The third-order valence-corrected chi connectivity index (χ3v) is 4.46. The van der Waals surface area contributed by atoms with Gasteiger partial charge in [-0.25, -0.2) is 9.59 Å². The van der Waals surface area contributed by atoms with Crippen LogP contribution in [0, 0.1) is 0 Å². The van der Waals surface area contributed by atoms with Crippen LogP contribution >= 0.6 is 9.24 Å². The van der Waals surface area contributed by atoms with Crippen LogP contribution in [-0.4, -0.2) is 32.4 Å². The van der Waals surface area contributed by atoms with Gasteiger partial charge in [0.25, 0.3) is 0 Å². The Morgan fingerprint density at radius 3 is 1.46 bits per heavy atom. The van der Waals surface area contributed by atoms with Crippen molar-refractivity contribution in [2.24, 2.45) is 0 Å². The van der Waals surface area contributed by atoms with Crippen LogP contribution in [0.5, 0.6) is 11.5 Å². The molecule has 0 saturated heterocycles. The molecule has 2 rings (SSSR count). The molecule has 1 atom stereocenters. The standard InChI is InChI=1S/C14H16N5O6P/c15-5-1(7(17)10(20)3(6(5)16)13(22)23)2-8(18)11(21)4(14(24)25)9(19)12(2)26/h20-21H,15-19,26H2,(H,22,23)(H,24,25). The fourth-order valence-electron chi connectivity index (χ4n) is 2.56. The Bertz CT molecular complexity index is 853. The van der Waals surface area contributed by atoms with E-state index < -0.39 is 51.6 Å². The van der Waals surface area contributed by atoms with Crippen molar-refractivity contribution in [3.8, 4) is 22.6 Å². The fourth-order valence-corrected chi connectivity index (χ4v) is 3.01. The van der Waals surface area contributed by atoms with Gasteiger partial charge in [-0.3, -0.25) is 0 Å². The summed E-state index contributed by atoms with van der Waals surface area (Å²) in [6.45, 7) is 0. The number of nitrogens with two attached hydrogens (primary N) is 5. The molecule has 0 spiro atoms.